The van der Waals surface area contributed by atoms with Gasteiger partial charge in [-0.3, -0.25) is 0 Å². The minimum Gasteiger partial charge on any atom is -0.392 e. The van der Waals surface area contributed by atoms with E-state index < -0.39 is 27.3 Å². The Bertz CT molecular complexity index is 418. The van der Waals surface area contributed by atoms with Gasteiger partial charge in [0, 0.05) is 0 Å². The topological polar surface area (TPSA) is 40.5 Å². The molecule has 0 unspecified atom stereocenters. The van der Waals surface area contributed by atoms with Crippen molar-refractivity contribution in [3.8, 4) is 0 Å². The summed E-state index contributed by atoms with van der Waals surface area (Å²) in [7, 11) is 0. The van der Waals surface area contributed by atoms with Crippen molar-refractivity contribution in [2.45, 2.75) is 14.1 Å². The number of aliphatic hydroxyl groups is 2. The van der Waals surface area contributed by atoms with E-state index in [1.165, 1.54) is 0 Å². The Morgan fingerprint density at radius 3 is 1.29 bits per heavy atom. The van der Waals surface area contributed by atoms with Crippen LogP contribution in [0.3, 0.4) is 0 Å². The third-order valence-electron chi connectivity index (χ3n) is 3.18. The van der Waals surface area contributed by atoms with Crippen LogP contribution in [0.25, 0.3) is 0 Å². The molecule has 0 fully saturated rings. The first-order valence-corrected chi connectivity index (χ1v) is 6.74. The van der Waals surface area contributed by atoms with Crippen LogP contribution in [0.4, 0.5) is 0 Å². The van der Waals surface area contributed by atoms with Crippen molar-refractivity contribution in [3.63, 3.8) is 0 Å². The minimum atomic E-state index is -1.77. The SMILES string of the molecule is OCC1=C(CO)[C@]2(Cl)C(Cl)=C(Cl)[C@]1(Cl)C2(Cl)Cl. The summed E-state index contributed by atoms with van der Waals surface area (Å²) in [5, 5.41) is 18.7. The summed E-state index contributed by atoms with van der Waals surface area (Å²) in [6, 6.07) is 0. The Hall–Kier alpha value is 1.14. The fourth-order valence-corrected chi connectivity index (χ4v) is 5.07. The predicted molar refractivity (Wildman–Crippen MR) is 71.5 cm³/mol. The monoisotopic (exact) mass is 356 g/mol. The summed E-state index contributed by atoms with van der Waals surface area (Å²) < 4.78 is -1.77. The van der Waals surface area contributed by atoms with E-state index >= 15 is 0 Å². The zero-order chi connectivity index (χ0) is 13.2. The highest BCUT2D eigenvalue weighted by Gasteiger charge is 2.77. The fraction of sp³-hybridized carbons (Fsp3) is 0.556. The number of hydrogen-bond donors (Lipinski definition) is 2. The average molecular weight is 359 g/mol. The average Bonchev–Trinajstić information content (AvgIpc) is 2.48. The zero-order valence-electron chi connectivity index (χ0n) is 8.08. The van der Waals surface area contributed by atoms with Crippen molar-refractivity contribution in [1.82, 2.24) is 0 Å². The highest BCUT2D eigenvalue weighted by Crippen LogP contribution is 2.73. The number of allylic oxidation sites excluding steroid dienone is 2. The van der Waals surface area contributed by atoms with Gasteiger partial charge in [-0.15, -0.1) is 23.2 Å². The molecule has 0 aliphatic heterocycles. The molecule has 0 saturated heterocycles. The van der Waals surface area contributed by atoms with E-state index in [1.807, 2.05) is 0 Å². The summed E-state index contributed by atoms with van der Waals surface area (Å²) in [5.41, 5.74) is 0.382. The standard InChI is InChI=1S/C9H6Cl6O2/c10-5-6(11)8(13)4(2-17)3(1-16)7(5,12)9(8,14)15/h16-17H,1-2H2/t7-,8-/m0/s1. The lowest BCUT2D eigenvalue weighted by Gasteiger charge is -2.33. The van der Waals surface area contributed by atoms with Gasteiger partial charge in [0.05, 0.1) is 23.3 Å². The second-order valence-corrected chi connectivity index (χ2v) is 7.01. The third kappa shape index (κ3) is 1.29. The molecule has 0 aromatic heterocycles. The molecule has 0 aromatic carbocycles. The molecule has 17 heavy (non-hydrogen) atoms. The maximum atomic E-state index is 9.35. The molecule has 8 heteroatoms. The van der Waals surface area contributed by atoms with Gasteiger partial charge in [0.15, 0.2) is 4.33 Å². The van der Waals surface area contributed by atoms with E-state index in [4.69, 9.17) is 69.6 Å². The summed E-state index contributed by atoms with van der Waals surface area (Å²) in [4.78, 5) is -3.22. The highest BCUT2D eigenvalue weighted by molar-refractivity contribution is 6.67. The largest absolute Gasteiger partial charge is 0.392 e. The Morgan fingerprint density at radius 1 is 0.765 bits per heavy atom. The number of halogens is 6. The maximum absolute atomic E-state index is 9.35. The van der Waals surface area contributed by atoms with Gasteiger partial charge in [-0.1, -0.05) is 46.4 Å². The van der Waals surface area contributed by atoms with Crippen LogP contribution in [-0.4, -0.2) is 37.5 Å². The predicted octanol–water partition coefficient (Wildman–Crippen LogP) is 3.11. The van der Waals surface area contributed by atoms with Gasteiger partial charge in [-0.25, -0.2) is 0 Å². The normalized spacial score (nSPS) is 39.5. The van der Waals surface area contributed by atoms with Crippen molar-refractivity contribution in [3.05, 3.63) is 21.2 Å². The number of hydrogen-bond acceptors (Lipinski definition) is 2. The first-order valence-electron chi connectivity index (χ1n) is 4.47. The molecular formula is C9H6Cl6O2. The molecule has 96 valence electrons. The van der Waals surface area contributed by atoms with E-state index in [0.717, 1.165) is 0 Å². The number of fused-ring (bicyclic) bond motifs is 2. The molecule has 0 saturated carbocycles. The quantitative estimate of drug-likeness (QED) is 0.588. The van der Waals surface area contributed by atoms with E-state index in [9.17, 15) is 10.2 Å². The molecule has 2 bridgehead atoms. The van der Waals surface area contributed by atoms with Gasteiger partial charge < -0.3 is 10.2 Å². The van der Waals surface area contributed by atoms with Crippen molar-refractivity contribution >= 4 is 69.6 Å². The lowest BCUT2D eigenvalue weighted by molar-refractivity contribution is 0.307. The molecule has 2 N–H and O–H groups in total. The maximum Gasteiger partial charge on any atom is 0.174 e. The molecule has 0 amide bonds. The highest BCUT2D eigenvalue weighted by atomic mass is 35.5. The van der Waals surface area contributed by atoms with E-state index in [2.05, 4.69) is 0 Å². The van der Waals surface area contributed by atoms with Crippen LogP contribution in [0.1, 0.15) is 0 Å². The Kier molecular flexibility index (Phi) is 3.48. The molecule has 2 rings (SSSR count). The first-order chi connectivity index (χ1) is 7.71. The molecule has 2 aliphatic carbocycles. The Morgan fingerprint density at radius 2 is 1.06 bits per heavy atom. The van der Waals surface area contributed by atoms with Crippen LogP contribution in [-0.2, 0) is 0 Å². The molecule has 2 aliphatic rings. The minimum absolute atomic E-state index is 0.0258. The lowest BCUT2D eigenvalue weighted by Crippen LogP contribution is -2.46. The fourth-order valence-electron chi connectivity index (χ4n) is 2.28. The second-order valence-electron chi connectivity index (χ2n) is 3.79. The van der Waals surface area contributed by atoms with Crippen molar-refractivity contribution in [1.29, 1.82) is 0 Å². The Labute approximate surface area is 128 Å². The number of rotatable bonds is 2. The van der Waals surface area contributed by atoms with Gasteiger partial charge in [-0.05, 0) is 11.1 Å². The number of alkyl halides is 4. The van der Waals surface area contributed by atoms with Crippen LogP contribution in [0, 0.1) is 0 Å². The zero-order valence-corrected chi connectivity index (χ0v) is 12.6. The van der Waals surface area contributed by atoms with Crippen LogP contribution >= 0.6 is 69.6 Å². The van der Waals surface area contributed by atoms with Crippen LogP contribution in [0.5, 0.6) is 0 Å². The smallest absolute Gasteiger partial charge is 0.174 e. The summed E-state index contributed by atoms with van der Waals surface area (Å²) in [6.07, 6.45) is 0. The summed E-state index contributed by atoms with van der Waals surface area (Å²) in [5.74, 6) is 0. The van der Waals surface area contributed by atoms with Gasteiger partial charge >= 0.3 is 0 Å². The Balaban J connectivity index is 2.81. The van der Waals surface area contributed by atoms with Crippen LogP contribution < -0.4 is 0 Å². The molecule has 2 nitrogen and oxygen atoms in total. The van der Waals surface area contributed by atoms with Crippen LogP contribution in [0.2, 0.25) is 0 Å². The van der Waals surface area contributed by atoms with Crippen molar-refractivity contribution in [2.24, 2.45) is 0 Å². The van der Waals surface area contributed by atoms with Crippen molar-refractivity contribution in [2.75, 3.05) is 13.2 Å². The van der Waals surface area contributed by atoms with E-state index in [-0.39, 0.29) is 21.2 Å². The molecular weight excluding hydrogens is 353 g/mol. The first kappa shape index (κ1) is 14.5. The number of aliphatic hydroxyl groups excluding tert-OH is 2. The molecule has 0 radical (unpaired) electrons. The van der Waals surface area contributed by atoms with Gasteiger partial charge in [0.25, 0.3) is 0 Å². The molecule has 0 aromatic rings. The molecule has 0 heterocycles. The summed E-state index contributed by atoms with van der Waals surface area (Å²) in [6.45, 7) is -0.953. The lowest BCUT2D eigenvalue weighted by atomic mass is 9.97. The third-order valence-corrected chi connectivity index (χ3v) is 7.33. The van der Waals surface area contributed by atoms with E-state index in [1.54, 1.807) is 0 Å². The van der Waals surface area contributed by atoms with Gasteiger partial charge in [0.1, 0.15) is 9.75 Å². The molecule has 0 spiro atoms. The second kappa shape index (κ2) is 4.07. The van der Waals surface area contributed by atoms with Gasteiger partial charge in [0.2, 0.25) is 0 Å². The van der Waals surface area contributed by atoms with Gasteiger partial charge in [-0.2, -0.15) is 0 Å². The van der Waals surface area contributed by atoms with E-state index in [0.29, 0.717) is 0 Å². The summed E-state index contributed by atoms with van der Waals surface area (Å²) >= 11 is 37.0. The molecule has 2 atom stereocenters. The van der Waals surface area contributed by atoms with Crippen molar-refractivity contribution < 1.29 is 10.2 Å². The van der Waals surface area contributed by atoms with Crippen LogP contribution in [0.15, 0.2) is 21.2 Å².